The lowest BCUT2D eigenvalue weighted by Gasteiger charge is -2.19. The van der Waals surface area contributed by atoms with E-state index in [9.17, 15) is 18.0 Å². The molecule has 8 heteroatoms. The Labute approximate surface area is 216 Å². The Bertz CT molecular complexity index is 1580. The van der Waals surface area contributed by atoms with Crippen molar-refractivity contribution in [1.29, 1.82) is 0 Å². The number of nitrogens with one attached hydrogen (secondary N) is 2. The molecular formula is C29H27N3O4S. The van der Waals surface area contributed by atoms with Gasteiger partial charge in [0.05, 0.1) is 27.9 Å². The summed E-state index contributed by atoms with van der Waals surface area (Å²) in [5, 5.41) is 7.38. The molecule has 4 aromatic rings. The molecule has 188 valence electrons. The molecule has 0 saturated heterocycles. The summed E-state index contributed by atoms with van der Waals surface area (Å²) in [5.74, 6) is -0.579. The van der Waals surface area contributed by atoms with Crippen molar-refractivity contribution in [2.75, 3.05) is 16.2 Å². The minimum Gasteiger partial charge on any atom is -0.345 e. The minimum absolute atomic E-state index is 0.106. The van der Waals surface area contributed by atoms with Gasteiger partial charge in [0.15, 0.2) is 0 Å². The molecule has 4 aromatic carbocycles. The van der Waals surface area contributed by atoms with Crippen LogP contribution in [0.25, 0.3) is 10.8 Å². The first kappa shape index (κ1) is 24.5. The topological polar surface area (TPSA) is 95.6 Å². The first-order chi connectivity index (χ1) is 17.9. The summed E-state index contributed by atoms with van der Waals surface area (Å²) >= 11 is 0. The molecule has 0 unspecified atom stereocenters. The maximum atomic E-state index is 13.1. The van der Waals surface area contributed by atoms with Crippen molar-refractivity contribution in [3.8, 4) is 0 Å². The number of benzene rings is 4. The number of hydrogen-bond donors (Lipinski definition) is 2. The first-order valence-corrected chi connectivity index (χ1v) is 13.6. The van der Waals surface area contributed by atoms with E-state index in [-0.39, 0.29) is 30.8 Å². The lowest BCUT2D eigenvalue weighted by Crippen LogP contribution is -2.29. The van der Waals surface area contributed by atoms with E-state index in [0.717, 1.165) is 16.3 Å². The van der Waals surface area contributed by atoms with Crippen molar-refractivity contribution in [3.63, 3.8) is 0 Å². The number of sulfonamides is 1. The molecule has 0 spiro atoms. The van der Waals surface area contributed by atoms with Crippen LogP contribution in [0.5, 0.6) is 0 Å². The van der Waals surface area contributed by atoms with Gasteiger partial charge in [-0.2, -0.15) is 0 Å². The third-order valence-electron chi connectivity index (χ3n) is 6.54. The summed E-state index contributed by atoms with van der Waals surface area (Å²) in [5.41, 5.74) is 2.40. The SMILES string of the molecule is C[C@H](NC(=O)c1ccccc1NC(=O)CCCN1c2cccc3cccc(c23)S1(=O)=O)c1ccccc1. The number of carbonyl (C=O) groups is 2. The highest BCUT2D eigenvalue weighted by Gasteiger charge is 2.35. The van der Waals surface area contributed by atoms with E-state index >= 15 is 0 Å². The number of amides is 2. The van der Waals surface area contributed by atoms with Crippen LogP contribution in [0.15, 0.2) is 95.9 Å². The molecular weight excluding hydrogens is 486 g/mol. The standard InChI is InChI=1S/C29H27N3O4S/c1-20(21-10-3-2-4-11-21)30-29(34)23-14-5-6-15-24(23)31-27(33)18-9-19-32-25-16-7-12-22-13-8-17-26(28(22)25)37(32,35)36/h2-8,10-17,20H,9,18-19H2,1H3,(H,30,34)(H,31,33)/t20-/m0/s1. The predicted octanol–water partition coefficient (Wildman–Crippen LogP) is 5.26. The third kappa shape index (κ3) is 4.80. The van der Waals surface area contributed by atoms with E-state index in [4.69, 9.17) is 0 Å². The first-order valence-electron chi connectivity index (χ1n) is 12.2. The van der Waals surface area contributed by atoms with E-state index in [0.29, 0.717) is 28.3 Å². The van der Waals surface area contributed by atoms with E-state index < -0.39 is 10.0 Å². The van der Waals surface area contributed by atoms with E-state index in [1.807, 2.05) is 55.5 Å². The normalized spacial score (nSPS) is 14.4. The van der Waals surface area contributed by atoms with E-state index in [2.05, 4.69) is 10.6 Å². The third-order valence-corrected chi connectivity index (χ3v) is 8.39. The van der Waals surface area contributed by atoms with Crippen LogP contribution in [-0.2, 0) is 14.8 Å². The molecule has 0 bridgehead atoms. The van der Waals surface area contributed by atoms with Crippen molar-refractivity contribution in [2.24, 2.45) is 0 Å². The van der Waals surface area contributed by atoms with Crippen molar-refractivity contribution in [1.82, 2.24) is 5.32 Å². The lowest BCUT2D eigenvalue weighted by molar-refractivity contribution is -0.116. The van der Waals surface area contributed by atoms with Gasteiger partial charge in [-0.15, -0.1) is 0 Å². The summed E-state index contributed by atoms with van der Waals surface area (Å²) in [6, 6.07) is 27.0. The Morgan fingerprint density at radius 3 is 2.35 bits per heavy atom. The van der Waals surface area contributed by atoms with Crippen LogP contribution in [0, 0.1) is 0 Å². The molecule has 37 heavy (non-hydrogen) atoms. The van der Waals surface area contributed by atoms with Crippen LogP contribution < -0.4 is 14.9 Å². The number of para-hydroxylation sites is 1. The Balaban J connectivity index is 1.22. The molecule has 2 N–H and O–H groups in total. The van der Waals surface area contributed by atoms with Gasteiger partial charge >= 0.3 is 0 Å². The minimum atomic E-state index is -3.66. The van der Waals surface area contributed by atoms with Gasteiger partial charge < -0.3 is 10.6 Å². The van der Waals surface area contributed by atoms with Gasteiger partial charge in [0.25, 0.3) is 15.9 Å². The quantitative estimate of drug-likeness (QED) is 0.336. The lowest BCUT2D eigenvalue weighted by atomic mass is 10.1. The average molecular weight is 514 g/mol. The smallest absolute Gasteiger partial charge is 0.265 e. The second-order valence-corrected chi connectivity index (χ2v) is 10.8. The molecule has 7 nitrogen and oxygen atoms in total. The Hall–Kier alpha value is -4.17. The number of anilines is 2. The number of carbonyl (C=O) groups excluding carboxylic acids is 2. The molecule has 2 amide bonds. The molecule has 0 radical (unpaired) electrons. The number of hydrogen-bond acceptors (Lipinski definition) is 4. The summed E-state index contributed by atoms with van der Waals surface area (Å²) < 4.78 is 27.6. The van der Waals surface area contributed by atoms with Gasteiger partial charge in [-0.1, -0.05) is 66.7 Å². The fraction of sp³-hybridized carbons (Fsp3) is 0.172. The van der Waals surface area contributed by atoms with Gasteiger partial charge in [0.1, 0.15) is 0 Å². The second kappa shape index (κ2) is 10.1. The van der Waals surface area contributed by atoms with Gasteiger partial charge in [-0.25, -0.2) is 8.42 Å². The van der Waals surface area contributed by atoms with E-state index in [1.54, 1.807) is 42.5 Å². The maximum Gasteiger partial charge on any atom is 0.265 e. The monoisotopic (exact) mass is 513 g/mol. The summed E-state index contributed by atoms with van der Waals surface area (Å²) in [6.07, 6.45) is 0.434. The van der Waals surface area contributed by atoms with Crippen LogP contribution in [-0.4, -0.2) is 26.8 Å². The maximum absolute atomic E-state index is 13.1. The number of rotatable bonds is 8. The van der Waals surface area contributed by atoms with Crippen molar-refractivity contribution >= 4 is 44.0 Å². The highest BCUT2D eigenvalue weighted by atomic mass is 32.2. The van der Waals surface area contributed by atoms with Crippen molar-refractivity contribution in [2.45, 2.75) is 30.7 Å². The summed E-state index contributed by atoms with van der Waals surface area (Å²) in [7, 11) is -3.66. The molecule has 1 heterocycles. The zero-order valence-electron chi connectivity index (χ0n) is 20.3. The molecule has 0 fully saturated rings. The Morgan fingerprint density at radius 1 is 0.865 bits per heavy atom. The average Bonchev–Trinajstić information content (AvgIpc) is 3.12. The highest BCUT2D eigenvalue weighted by Crippen LogP contribution is 2.42. The van der Waals surface area contributed by atoms with Crippen molar-refractivity contribution < 1.29 is 18.0 Å². The van der Waals surface area contributed by atoms with Crippen LogP contribution in [0.3, 0.4) is 0 Å². The molecule has 1 atom stereocenters. The fourth-order valence-corrected chi connectivity index (χ4v) is 6.43. The molecule has 1 aliphatic rings. The number of nitrogens with zero attached hydrogens (tertiary/aromatic N) is 1. The van der Waals surface area contributed by atoms with Crippen LogP contribution in [0.2, 0.25) is 0 Å². The summed E-state index contributed by atoms with van der Waals surface area (Å²) in [4.78, 5) is 26.0. The van der Waals surface area contributed by atoms with Gasteiger partial charge in [-0.05, 0) is 48.6 Å². The zero-order chi connectivity index (χ0) is 26.0. The van der Waals surface area contributed by atoms with E-state index in [1.165, 1.54) is 4.31 Å². The molecule has 5 rings (SSSR count). The van der Waals surface area contributed by atoms with Crippen LogP contribution in [0.1, 0.15) is 41.7 Å². The second-order valence-electron chi connectivity index (χ2n) is 9.01. The molecule has 1 aliphatic heterocycles. The Morgan fingerprint density at radius 2 is 1.57 bits per heavy atom. The van der Waals surface area contributed by atoms with Gasteiger partial charge in [0.2, 0.25) is 5.91 Å². The van der Waals surface area contributed by atoms with Gasteiger partial charge in [0, 0.05) is 18.4 Å². The van der Waals surface area contributed by atoms with Crippen LogP contribution in [0.4, 0.5) is 11.4 Å². The summed E-state index contributed by atoms with van der Waals surface area (Å²) in [6.45, 7) is 2.08. The highest BCUT2D eigenvalue weighted by molar-refractivity contribution is 7.93. The predicted molar refractivity (Wildman–Crippen MR) is 145 cm³/mol. The van der Waals surface area contributed by atoms with Crippen molar-refractivity contribution in [3.05, 3.63) is 102 Å². The van der Waals surface area contributed by atoms with Gasteiger partial charge in [-0.3, -0.25) is 13.9 Å². The zero-order valence-corrected chi connectivity index (χ0v) is 21.2. The molecule has 0 saturated carbocycles. The fourth-order valence-electron chi connectivity index (χ4n) is 4.68. The largest absolute Gasteiger partial charge is 0.345 e. The molecule has 0 aromatic heterocycles. The molecule has 0 aliphatic carbocycles. The Kier molecular flexibility index (Phi) is 6.67. The van der Waals surface area contributed by atoms with Crippen LogP contribution >= 0.6 is 0 Å².